The molecule has 0 radical (unpaired) electrons. The minimum atomic E-state index is -1.17. The first-order chi connectivity index (χ1) is 10.9. The number of nitrogens with two attached hydrogens (primary N) is 1. The normalized spacial score (nSPS) is 10.1. The number of hydrogen-bond donors (Lipinski definition) is 2. The smallest absolute Gasteiger partial charge is 0.336 e. The number of carboxylic acid groups (broad SMARTS) is 1. The summed E-state index contributed by atoms with van der Waals surface area (Å²) in [6.07, 6.45) is -0.0185. The van der Waals surface area contributed by atoms with Crippen LogP contribution in [0.2, 0.25) is 0 Å². The molecule has 0 aromatic heterocycles. The van der Waals surface area contributed by atoms with Crippen LogP contribution in [0.4, 0.5) is 0 Å². The van der Waals surface area contributed by atoms with Gasteiger partial charge in [-0.05, 0) is 11.6 Å². The van der Waals surface area contributed by atoms with Crippen LogP contribution in [-0.2, 0) is 11.2 Å². The second-order valence-electron chi connectivity index (χ2n) is 4.84. The van der Waals surface area contributed by atoms with Crippen molar-refractivity contribution in [2.24, 2.45) is 5.73 Å². The van der Waals surface area contributed by atoms with Gasteiger partial charge in [-0.1, -0.05) is 42.5 Å². The predicted octanol–water partition coefficient (Wildman–Crippen LogP) is 1.48. The molecule has 0 saturated heterocycles. The number of ketones is 2. The molecule has 6 nitrogen and oxygen atoms in total. The average molecular weight is 311 g/mol. The number of aromatic carboxylic acids is 1. The third kappa shape index (κ3) is 3.68. The van der Waals surface area contributed by atoms with E-state index in [0.29, 0.717) is 5.56 Å². The predicted molar refractivity (Wildman–Crippen MR) is 81.4 cm³/mol. The maximum atomic E-state index is 12.3. The molecular weight excluding hydrogens is 298 g/mol. The Balaban J connectivity index is 2.20. The number of hydrogen-bond acceptors (Lipinski definition) is 4. The zero-order chi connectivity index (χ0) is 17.0. The fraction of sp³-hybridized carbons (Fsp3) is 0.0588. The van der Waals surface area contributed by atoms with Gasteiger partial charge in [-0.15, -0.1) is 0 Å². The lowest BCUT2D eigenvalue weighted by atomic mass is 9.97. The Kier molecular flexibility index (Phi) is 4.66. The summed E-state index contributed by atoms with van der Waals surface area (Å²) in [5.74, 6) is -3.38. The van der Waals surface area contributed by atoms with E-state index in [0.717, 1.165) is 0 Å². The van der Waals surface area contributed by atoms with Gasteiger partial charge in [0.25, 0.3) is 5.91 Å². The molecule has 0 aliphatic rings. The first-order valence-electron chi connectivity index (χ1n) is 6.68. The Hall–Kier alpha value is -3.28. The second-order valence-corrected chi connectivity index (χ2v) is 4.84. The zero-order valence-corrected chi connectivity index (χ0v) is 12.0. The van der Waals surface area contributed by atoms with Gasteiger partial charge in [0, 0.05) is 17.5 Å². The molecule has 0 heterocycles. The van der Waals surface area contributed by atoms with Crippen molar-refractivity contribution in [3.8, 4) is 0 Å². The van der Waals surface area contributed by atoms with Crippen molar-refractivity contribution >= 4 is 23.4 Å². The minimum Gasteiger partial charge on any atom is -0.478 e. The average Bonchev–Trinajstić information content (AvgIpc) is 2.54. The number of benzene rings is 2. The minimum absolute atomic E-state index is 0.0185. The van der Waals surface area contributed by atoms with E-state index in [1.54, 1.807) is 12.1 Å². The van der Waals surface area contributed by atoms with Gasteiger partial charge >= 0.3 is 5.97 Å². The van der Waals surface area contributed by atoms with Crippen molar-refractivity contribution in [3.63, 3.8) is 0 Å². The summed E-state index contributed by atoms with van der Waals surface area (Å²) in [6.45, 7) is 0. The van der Waals surface area contributed by atoms with E-state index in [1.807, 2.05) is 0 Å². The van der Waals surface area contributed by atoms with Gasteiger partial charge in [0.1, 0.15) is 0 Å². The van der Waals surface area contributed by atoms with E-state index in [4.69, 9.17) is 10.8 Å². The van der Waals surface area contributed by atoms with Crippen molar-refractivity contribution in [2.75, 3.05) is 0 Å². The molecule has 0 aliphatic carbocycles. The SMILES string of the molecule is NC(=O)C(=O)c1ccc(CC(=O)c2ccccc2C(=O)O)cc1. The molecule has 2 aromatic carbocycles. The quantitative estimate of drug-likeness (QED) is 0.619. The van der Waals surface area contributed by atoms with Gasteiger partial charge in [0.15, 0.2) is 5.78 Å². The standard InChI is InChI=1S/C17H13NO5/c18-16(21)15(20)11-7-5-10(6-8-11)9-14(19)12-3-1-2-4-13(12)17(22)23/h1-8H,9H2,(H2,18,21)(H,22,23). The summed E-state index contributed by atoms with van der Waals surface area (Å²) in [7, 11) is 0. The summed E-state index contributed by atoms with van der Waals surface area (Å²) in [5.41, 5.74) is 5.71. The molecule has 2 aromatic rings. The van der Waals surface area contributed by atoms with Gasteiger partial charge in [0.05, 0.1) is 5.56 Å². The maximum absolute atomic E-state index is 12.3. The maximum Gasteiger partial charge on any atom is 0.336 e. The van der Waals surface area contributed by atoms with Crippen LogP contribution in [0.1, 0.15) is 36.6 Å². The summed E-state index contributed by atoms with van der Waals surface area (Å²) < 4.78 is 0. The fourth-order valence-electron chi connectivity index (χ4n) is 2.11. The van der Waals surface area contributed by atoms with E-state index in [1.165, 1.54) is 36.4 Å². The molecule has 0 saturated carbocycles. The van der Waals surface area contributed by atoms with Crippen LogP contribution in [0.15, 0.2) is 48.5 Å². The third-order valence-corrected chi connectivity index (χ3v) is 3.26. The fourth-order valence-corrected chi connectivity index (χ4v) is 2.11. The summed E-state index contributed by atoms with van der Waals surface area (Å²) in [5, 5.41) is 9.10. The molecule has 0 bridgehead atoms. The van der Waals surface area contributed by atoms with Crippen LogP contribution in [-0.4, -0.2) is 28.5 Å². The number of amides is 1. The number of carbonyl (C=O) groups excluding carboxylic acids is 3. The van der Waals surface area contributed by atoms with Crippen LogP contribution in [0.5, 0.6) is 0 Å². The lowest BCUT2D eigenvalue weighted by molar-refractivity contribution is -0.114. The lowest BCUT2D eigenvalue weighted by Crippen LogP contribution is -2.23. The largest absolute Gasteiger partial charge is 0.478 e. The molecule has 0 spiro atoms. The zero-order valence-electron chi connectivity index (χ0n) is 12.0. The molecule has 0 atom stereocenters. The van der Waals surface area contributed by atoms with Gasteiger partial charge < -0.3 is 10.8 Å². The summed E-state index contributed by atoms with van der Waals surface area (Å²) in [6, 6.07) is 11.8. The van der Waals surface area contributed by atoms with Crippen molar-refractivity contribution in [3.05, 3.63) is 70.8 Å². The van der Waals surface area contributed by atoms with E-state index in [2.05, 4.69) is 0 Å². The van der Waals surface area contributed by atoms with Crippen molar-refractivity contribution < 1.29 is 24.3 Å². The highest BCUT2D eigenvalue weighted by molar-refractivity contribution is 6.42. The Morgan fingerprint density at radius 1 is 0.870 bits per heavy atom. The molecule has 116 valence electrons. The highest BCUT2D eigenvalue weighted by Crippen LogP contribution is 2.14. The van der Waals surface area contributed by atoms with Gasteiger partial charge in [-0.25, -0.2) is 4.79 Å². The lowest BCUT2D eigenvalue weighted by Gasteiger charge is -2.06. The summed E-state index contributed by atoms with van der Waals surface area (Å²) >= 11 is 0. The Bertz CT molecular complexity index is 793. The first-order valence-corrected chi connectivity index (χ1v) is 6.68. The van der Waals surface area contributed by atoms with Crippen LogP contribution < -0.4 is 5.73 Å². The topological polar surface area (TPSA) is 115 Å². The number of carboxylic acids is 1. The second kappa shape index (κ2) is 6.65. The molecule has 0 unspecified atom stereocenters. The molecule has 23 heavy (non-hydrogen) atoms. The number of Topliss-reactive ketones (excluding diaryl/α,β-unsaturated/α-hetero) is 2. The first kappa shape index (κ1) is 16.1. The summed E-state index contributed by atoms with van der Waals surface area (Å²) in [4.78, 5) is 45.6. The van der Waals surface area contributed by atoms with Crippen molar-refractivity contribution in [1.82, 2.24) is 0 Å². The number of primary amides is 1. The van der Waals surface area contributed by atoms with Gasteiger partial charge in [-0.2, -0.15) is 0 Å². The molecule has 0 fully saturated rings. The molecule has 6 heteroatoms. The third-order valence-electron chi connectivity index (χ3n) is 3.26. The van der Waals surface area contributed by atoms with Crippen molar-refractivity contribution in [1.29, 1.82) is 0 Å². The Morgan fingerprint density at radius 3 is 1.96 bits per heavy atom. The molecule has 2 rings (SSSR count). The molecule has 3 N–H and O–H groups in total. The van der Waals surface area contributed by atoms with E-state index in [9.17, 15) is 19.2 Å². The highest BCUT2D eigenvalue weighted by Gasteiger charge is 2.17. The van der Waals surface area contributed by atoms with Crippen LogP contribution in [0.3, 0.4) is 0 Å². The van der Waals surface area contributed by atoms with Gasteiger partial charge in [-0.3, -0.25) is 14.4 Å². The molecule has 1 amide bonds. The number of carbonyl (C=O) groups is 4. The monoisotopic (exact) mass is 311 g/mol. The van der Waals surface area contributed by atoms with Crippen LogP contribution >= 0.6 is 0 Å². The van der Waals surface area contributed by atoms with Crippen LogP contribution in [0, 0.1) is 0 Å². The van der Waals surface area contributed by atoms with Crippen molar-refractivity contribution in [2.45, 2.75) is 6.42 Å². The molecular formula is C17H13NO5. The van der Waals surface area contributed by atoms with E-state index < -0.39 is 17.7 Å². The van der Waals surface area contributed by atoms with Gasteiger partial charge in [0.2, 0.25) is 5.78 Å². The van der Waals surface area contributed by atoms with Crippen LogP contribution in [0.25, 0.3) is 0 Å². The van der Waals surface area contributed by atoms with E-state index >= 15 is 0 Å². The number of rotatable bonds is 6. The Labute approximate surface area is 131 Å². The van der Waals surface area contributed by atoms with E-state index in [-0.39, 0.29) is 28.9 Å². The Morgan fingerprint density at radius 2 is 1.43 bits per heavy atom. The highest BCUT2D eigenvalue weighted by atomic mass is 16.4. The molecule has 0 aliphatic heterocycles.